The van der Waals surface area contributed by atoms with E-state index in [4.69, 9.17) is 0 Å². The quantitative estimate of drug-likeness (QED) is 0.768. The van der Waals surface area contributed by atoms with Gasteiger partial charge >= 0.3 is 5.56 Å². The molecular weight excluding hydrogens is 192 g/mol. The molecule has 1 heterocycles. The van der Waals surface area contributed by atoms with Gasteiger partial charge in [-0.25, -0.2) is 0 Å². The van der Waals surface area contributed by atoms with Crippen molar-refractivity contribution in [1.29, 1.82) is 0 Å². The molecule has 0 spiro atoms. The Morgan fingerprint density at radius 2 is 2.20 bits per heavy atom. The molecule has 0 amide bonds. The third-order valence-corrected chi connectivity index (χ3v) is 2.19. The summed E-state index contributed by atoms with van der Waals surface area (Å²) in [5.41, 5.74) is 0.636. The Bertz CT molecular complexity index is 383. The van der Waals surface area contributed by atoms with Crippen LogP contribution in [0.3, 0.4) is 0 Å². The molecule has 0 atom stereocenters. The first-order valence-corrected chi connectivity index (χ1v) is 5.35. The molecule has 4 heteroatoms. The molecule has 0 unspecified atom stereocenters. The Hall–Kier alpha value is -1.32. The largest absolute Gasteiger partial charge is 0.425 e. The van der Waals surface area contributed by atoms with Crippen molar-refractivity contribution in [2.24, 2.45) is 5.92 Å². The second kappa shape index (κ2) is 4.96. The van der Waals surface area contributed by atoms with Gasteiger partial charge in [0.15, 0.2) is 0 Å². The zero-order valence-electron chi connectivity index (χ0n) is 9.53. The van der Waals surface area contributed by atoms with E-state index in [0.29, 0.717) is 30.1 Å². The van der Waals surface area contributed by atoms with Crippen LogP contribution in [0.25, 0.3) is 0 Å². The maximum absolute atomic E-state index is 11.7. The van der Waals surface area contributed by atoms with Crippen LogP contribution >= 0.6 is 0 Å². The summed E-state index contributed by atoms with van der Waals surface area (Å²) in [6.45, 7) is 6.03. The molecule has 0 aliphatic carbocycles. The highest BCUT2D eigenvalue weighted by Crippen LogP contribution is 2.03. The molecular formula is C11H18N2O2. The highest BCUT2D eigenvalue weighted by molar-refractivity contribution is 5.05. The third-order valence-electron chi connectivity index (χ3n) is 2.19. The van der Waals surface area contributed by atoms with Crippen LogP contribution in [0.4, 0.5) is 0 Å². The first kappa shape index (κ1) is 11.8. The second-order valence-corrected chi connectivity index (χ2v) is 4.16. The molecule has 84 valence electrons. The van der Waals surface area contributed by atoms with E-state index in [9.17, 15) is 10.0 Å². The molecule has 0 aliphatic rings. The summed E-state index contributed by atoms with van der Waals surface area (Å²) in [6.07, 6.45) is 3.74. The zero-order valence-corrected chi connectivity index (χ0v) is 9.53. The van der Waals surface area contributed by atoms with Crippen LogP contribution in [0.1, 0.15) is 38.6 Å². The lowest BCUT2D eigenvalue weighted by molar-refractivity contribution is 0.162. The summed E-state index contributed by atoms with van der Waals surface area (Å²) in [7, 11) is 0. The maximum Gasteiger partial charge on any atom is 0.304 e. The van der Waals surface area contributed by atoms with Crippen molar-refractivity contribution in [3.63, 3.8) is 0 Å². The van der Waals surface area contributed by atoms with Crippen molar-refractivity contribution >= 4 is 0 Å². The predicted molar refractivity (Wildman–Crippen MR) is 58.2 cm³/mol. The van der Waals surface area contributed by atoms with Crippen LogP contribution in [-0.4, -0.2) is 14.9 Å². The minimum Gasteiger partial charge on any atom is -0.425 e. The highest BCUT2D eigenvalue weighted by atomic mass is 16.5. The molecule has 1 aromatic heterocycles. The molecule has 0 aliphatic heterocycles. The van der Waals surface area contributed by atoms with E-state index >= 15 is 0 Å². The van der Waals surface area contributed by atoms with E-state index in [1.54, 1.807) is 6.20 Å². The van der Waals surface area contributed by atoms with E-state index in [0.717, 1.165) is 11.2 Å². The van der Waals surface area contributed by atoms with Crippen LogP contribution in [0, 0.1) is 5.92 Å². The number of aromatic nitrogens is 2. The monoisotopic (exact) mass is 210 g/mol. The average Bonchev–Trinajstić information content (AvgIpc) is 2.17. The van der Waals surface area contributed by atoms with E-state index in [-0.39, 0.29) is 5.56 Å². The summed E-state index contributed by atoms with van der Waals surface area (Å²) in [4.78, 5) is 15.8. The molecule has 0 fully saturated rings. The first-order chi connectivity index (χ1) is 7.06. The topological polar surface area (TPSA) is 55.1 Å². The van der Waals surface area contributed by atoms with Gasteiger partial charge in [0.2, 0.25) is 0 Å². The smallest absolute Gasteiger partial charge is 0.304 e. The summed E-state index contributed by atoms with van der Waals surface area (Å²) in [6, 6.07) is 0. The van der Waals surface area contributed by atoms with Gasteiger partial charge in [-0.2, -0.15) is 0 Å². The van der Waals surface area contributed by atoms with Crippen LogP contribution in [0.5, 0.6) is 0 Å². The van der Waals surface area contributed by atoms with Gasteiger partial charge in [0, 0.05) is 0 Å². The normalized spacial score (nSPS) is 10.9. The molecule has 0 saturated carbocycles. The van der Waals surface area contributed by atoms with Gasteiger partial charge < -0.3 is 5.21 Å². The van der Waals surface area contributed by atoms with Crippen molar-refractivity contribution in [3.05, 3.63) is 27.9 Å². The van der Waals surface area contributed by atoms with Gasteiger partial charge in [-0.05, 0) is 18.8 Å². The fourth-order valence-electron chi connectivity index (χ4n) is 1.47. The molecule has 1 rings (SSSR count). The first-order valence-electron chi connectivity index (χ1n) is 5.35. The molecule has 15 heavy (non-hydrogen) atoms. The lowest BCUT2D eigenvalue weighted by Crippen LogP contribution is -2.27. The highest BCUT2D eigenvalue weighted by Gasteiger charge is 2.10. The van der Waals surface area contributed by atoms with E-state index < -0.39 is 0 Å². The summed E-state index contributed by atoms with van der Waals surface area (Å²) in [5.74, 6) is 0.363. The minimum absolute atomic E-state index is 0.363. The molecule has 0 bridgehead atoms. The van der Waals surface area contributed by atoms with E-state index in [1.807, 2.05) is 20.8 Å². The van der Waals surface area contributed by atoms with Gasteiger partial charge in [-0.1, -0.05) is 27.2 Å². The van der Waals surface area contributed by atoms with Crippen molar-refractivity contribution in [3.8, 4) is 0 Å². The van der Waals surface area contributed by atoms with Gasteiger partial charge in [0.1, 0.15) is 5.69 Å². The second-order valence-electron chi connectivity index (χ2n) is 4.16. The Morgan fingerprint density at radius 1 is 1.53 bits per heavy atom. The minimum atomic E-state index is -0.380. The van der Waals surface area contributed by atoms with E-state index in [1.165, 1.54) is 0 Å². The Labute approximate surface area is 89.5 Å². The maximum atomic E-state index is 11.7. The zero-order chi connectivity index (χ0) is 11.4. The molecule has 0 saturated heterocycles. The number of nitrogens with zero attached hydrogens (tertiary/aromatic N) is 2. The van der Waals surface area contributed by atoms with Gasteiger partial charge in [0.25, 0.3) is 0 Å². The summed E-state index contributed by atoms with van der Waals surface area (Å²) in [5, 5.41) is 9.59. The van der Waals surface area contributed by atoms with Gasteiger partial charge in [-0.3, -0.25) is 9.78 Å². The Kier molecular flexibility index (Phi) is 3.88. The Balaban J connectivity index is 3.04. The molecule has 0 radical (unpaired) electrons. The number of hydrogen-bond acceptors (Lipinski definition) is 3. The van der Waals surface area contributed by atoms with Crippen LogP contribution in [0.2, 0.25) is 0 Å². The molecule has 1 N–H and O–H groups in total. The van der Waals surface area contributed by atoms with Crippen molar-refractivity contribution in [2.75, 3.05) is 0 Å². The average molecular weight is 210 g/mol. The molecule has 4 nitrogen and oxygen atoms in total. The SMILES string of the molecule is CCCc1cnc(CC(C)C)c(=O)n1O. The predicted octanol–water partition coefficient (Wildman–Crippen LogP) is 1.63. The Morgan fingerprint density at radius 3 is 2.73 bits per heavy atom. The number of aryl methyl sites for hydroxylation is 1. The lowest BCUT2D eigenvalue weighted by Gasteiger charge is -2.08. The van der Waals surface area contributed by atoms with Crippen LogP contribution in [-0.2, 0) is 12.8 Å². The van der Waals surface area contributed by atoms with Crippen molar-refractivity contribution < 1.29 is 5.21 Å². The van der Waals surface area contributed by atoms with Crippen molar-refractivity contribution in [1.82, 2.24) is 9.71 Å². The third kappa shape index (κ3) is 2.81. The fourth-order valence-corrected chi connectivity index (χ4v) is 1.47. The van der Waals surface area contributed by atoms with Gasteiger partial charge in [0.05, 0.1) is 11.9 Å². The van der Waals surface area contributed by atoms with Crippen LogP contribution < -0.4 is 5.56 Å². The number of hydrogen-bond donors (Lipinski definition) is 1. The van der Waals surface area contributed by atoms with Crippen molar-refractivity contribution in [2.45, 2.75) is 40.0 Å². The number of rotatable bonds is 4. The summed E-state index contributed by atoms with van der Waals surface area (Å²) >= 11 is 0. The molecule has 1 aromatic rings. The standard InChI is InChI=1S/C11H18N2O2/c1-4-5-9-7-12-10(6-8(2)3)11(14)13(9)15/h7-8,15H,4-6H2,1-3H3. The summed E-state index contributed by atoms with van der Waals surface area (Å²) < 4.78 is 0.730. The van der Waals surface area contributed by atoms with Gasteiger partial charge in [-0.15, -0.1) is 4.73 Å². The van der Waals surface area contributed by atoms with Crippen LogP contribution in [0.15, 0.2) is 11.0 Å². The fraction of sp³-hybridized carbons (Fsp3) is 0.636. The molecule has 0 aromatic carbocycles. The van der Waals surface area contributed by atoms with E-state index in [2.05, 4.69) is 4.98 Å². The lowest BCUT2D eigenvalue weighted by atomic mass is 10.1.